The van der Waals surface area contributed by atoms with E-state index in [1.807, 2.05) is 33.8 Å². The first-order chi connectivity index (χ1) is 14.4. The summed E-state index contributed by atoms with van der Waals surface area (Å²) in [7, 11) is 0. The summed E-state index contributed by atoms with van der Waals surface area (Å²) < 4.78 is 17.0. The number of anilines is 1. The number of aliphatic hydroxyl groups is 3. The van der Waals surface area contributed by atoms with Crippen molar-refractivity contribution in [3.8, 4) is 5.75 Å². The largest absolute Gasteiger partial charge is 0.479 e. The Hall–Kier alpha value is -1.91. The van der Waals surface area contributed by atoms with Gasteiger partial charge >= 0.3 is 5.97 Å². The van der Waals surface area contributed by atoms with Gasteiger partial charge in [0.2, 0.25) is 6.29 Å². The molecule has 1 fully saturated rings. The van der Waals surface area contributed by atoms with Crippen LogP contribution in [0.5, 0.6) is 5.75 Å². The molecule has 5 atom stereocenters. The minimum absolute atomic E-state index is 0.0615. The Bertz CT molecular complexity index is 738. The highest BCUT2D eigenvalue weighted by Gasteiger charge is 2.48. The Morgan fingerprint density at radius 1 is 1.19 bits per heavy atom. The first kappa shape index (κ1) is 25.4. The van der Waals surface area contributed by atoms with Crippen LogP contribution in [0.2, 0.25) is 0 Å². The first-order valence-electron chi connectivity index (χ1n) is 10.6. The Morgan fingerprint density at radius 2 is 1.87 bits per heavy atom. The summed E-state index contributed by atoms with van der Waals surface area (Å²) in [5.41, 5.74) is 1.26. The molecule has 2 rings (SSSR count). The molecule has 1 aliphatic heterocycles. The molecular weight excluding hydrogens is 406 g/mol. The van der Waals surface area contributed by atoms with Crippen molar-refractivity contribution < 1.29 is 39.4 Å². The summed E-state index contributed by atoms with van der Waals surface area (Å²) in [6.45, 7) is 10.5. The molecule has 176 valence electrons. The summed E-state index contributed by atoms with van der Waals surface area (Å²) in [5, 5.41) is 42.5. The predicted molar refractivity (Wildman–Crippen MR) is 114 cm³/mol. The number of hydrogen-bond donors (Lipinski definition) is 5. The monoisotopic (exact) mass is 441 g/mol. The second-order valence-corrected chi connectivity index (χ2v) is 8.78. The fraction of sp³-hybridized carbons (Fsp3) is 0.682. The van der Waals surface area contributed by atoms with Gasteiger partial charge in [-0.3, -0.25) is 0 Å². The minimum atomic E-state index is -1.77. The molecule has 9 heteroatoms. The van der Waals surface area contributed by atoms with Crippen molar-refractivity contribution in [3.63, 3.8) is 0 Å². The highest BCUT2D eigenvalue weighted by Crippen LogP contribution is 2.32. The van der Waals surface area contributed by atoms with Crippen LogP contribution in [-0.4, -0.2) is 68.7 Å². The molecule has 0 spiro atoms. The maximum atomic E-state index is 11.3. The van der Waals surface area contributed by atoms with Gasteiger partial charge in [-0.1, -0.05) is 19.4 Å². The Balaban J connectivity index is 2.21. The number of hydrogen-bond acceptors (Lipinski definition) is 8. The number of nitrogens with one attached hydrogen (secondary N) is 1. The zero-order chi connectivity index (χ0) is 23.3. The van der Waals surface area contributed by atoms with E-state index in [2.05, 4.69) is 12.2 Å². The van der Waals surface area contributed by atoms with Crippen molar-refractivity contribution >= 4 is 11.7 Å². The van der Waals surface area contributed by atoms with Crippen molar-refractivity contribution in [1.29, 1.82) is 0 Å². The SMILES string of the molecule is CCCC(C)(C)OCc1ccc(OC2OC(C(=O)O)C(O)C(O)C2O)c(NC(C)C)c1. The Kier molecular flexibility index (Phi) is 8.67. The van der Waals surface area contributed by atoms with Gasteiger partial charge in [0.1, 0.15) is 24.1 Å². The molecule has 1 aromatic rings. The first-order valence-corrected chi connectivity index (χ1v) is 10.6. The molecule has 1 saturated heterocycles. The van der Waals surface area contributed by atoms with Crippen LogP contribution in [0.15, 0.2) is 18.2 Å². The van der Waals surface area contributed by atoms with E-state index in [0.29, 0.717) is 18.0 Å². The molecule has 0 saturated carbocycles. The van der Waals surface area contributed by atoms with Crippen LogP contribution in [0.4, 0.5) is 5.69 Å². The van der Waals surface area contributed by atoms with Crippen molar-refractivity contribution in [3.05, 3.63) is 23.8 Å². The molecule has 1 aliphatic rings. The van der Waals surface area contributed by atoms with Gasteiger partial charge in [-0.05, 0) is 51.8 Å². The highest BCUT2D eigenvalue weighted by molar-refractivity contribution is 5.73. The van der Waals surface area contributed by atoms with E-state index in [1.54, 1.807) is 12.1 Å². The van der Waals surface area contributed by atoms with E-state index in [-0.39, 0.29) is 11.6 Å². The third-order valence-corrected chi connectivity index (χ3v) is 5.03. The highest BCUT2D eigenvalue weighted by atomic mass is 16.7. The maximum absolute atomic E-state index is 11.3. The van der Waals surface area contributed by atoms with Crippen molar-refractivity contribution in [2.45, 2.75) is 96.4 Å². The van der Waals surface area contributed by atoms with Crippen molar-refractivity contribution in [2.24, 2.45) is 0 Å². The lowest BCUT2D eigenvalue weighted by Gasteiger charge is -2.38. The summed E-state index contributed by atoms with van der Waals surface area (Å²) in [6.07, 6.45) is -6.38. The van der Waals surface area contributed by atoms with Crippen LogP contribution in [0, 0.1) is 0 Å². The van der Waals surface area contributed by atoms with Crippen LogP contribution in [-0.2, 0) is 20.9 Å². The summed E-state index contributed by atoms with van der Waals surface area (Å²) in [6, 6.07) is 5.38. The summed E-state index contributed by atoms with van der Waals surface area (Å²) in [5.74, 6) is -1.16. The Labute approximate surface area is 182 Å². The van der Waals surface area contributed by atoms with Gasteiger partial charge in [0.05, 0.1) is 17.9 Å². The van der Waals surface area contributed by atoms with E-state index in [0.717, 1.165) is 18.4 Å². The van der Waals surface area contributed by atoms with Gasteiger partial charge in [-0.15, -0.1) is 0 Å². The van der Waals surface area contributed by atoms with E-state index in [1.165, 1.54) is 0 Å². The molecule has 0 amide bonds. The lowest BCUT2D eigenvalue weighted by atomic mass is 9.99. The van der Waals surface area contributed by atoms with Gasteiger partial charge < -0.3 is 40.0 Å². The standard InChI is InChI=1S/C22H35NO8/c1-6-9-22(4,5)29-11-13-7-8-15(14(10-13)23-12(2)3)30-21-18(26)16(24)17(25)19(31-21)20(27)28/h7-8,10,12,16-19,21,23-26H,6,9,11H2,1-5H3,(H,27,28). The van der Waals surface area contributed by atoms with Crippen LogP contribution in [0.3, 0.4) is 0 Å². The third-order valence-electron chi connectivity index (χ3n) is 5.03. The lowest BCUT2D eigenvalue weighted by molar-refractivity contribution is -0.271. The van der Waals surface area contributed by atoms with Gasteiger partial charge in [-0.2, -0.15) is 0 Å². The number of carboxylic acid groups (broad SMARTS) is 1. The molecule has 5 unspecified atom stereocenters. The molecule has 5 N–H and O–H groups in total. The van der Waals surface area contributed by atoms with Crippen LogP contribution in [0.25, 0.3) is 0 Å². The van der Waals surface area contributed by atoms with Crippen molar-refractivity contribution in [2.75, 3.05) is 5.32 Å². The average Bonchev–Trinajstić information content (AvgIpc) is 2.67. The fourth-order valence-corrected chi connectivity index (χ4v) is 3.42. The average molecular weight is 442 g/mol. The second-order valence-electron chi connectivity index (χ2n) is 8.78. The maximum Gasteiger partial charge on any atom is 0.335 e. The number of carbonyl (C=O) groups is 1. The quantitative estimate of drug-likeness (QED) is 0.368. The topological polar surface area (TPSA) is 138 Å². The van der Waals surface area contributed by atoms with Crippen molar-refractivity contribution in [1.82, 2.24) is 0 Å². The van der Waals surface area contributed by atoms with E-state index < -0.39 is 36.7 Å². The van der Waals surface area contributed by atoms with E-state index in [9.17, 15) is 25.2 Å². The predicted octanol–water partition coefficient (Wildman–Crippen LogP) is 1.87. The zero-order valence-corrected chi connectivity index (χ0v) is 18.7. The van der Waals surface area contributed by atoms with Gasteiger partial charge in [-0.25, -0.2) is 4.79 Å². The molecule has 31 heavy (non-hydrogen) atoms. The molecule has 0 bridgehead atoms. The zero-order valence-electron chi connectivity index (χ0n) is 18.7. The smallest absolute Gasteiger partial charge is 0.335 e. The molecular formula is C22H35NO8. The third kappa shape index (κ3) is 6.78. The van der Waals surface area contributed by atoms with Gasteiger partial charge in [0.15, 0.2) is 6.10 Å². The number of ether oxygens (including phenoxy) is 3. The minimum Gasteiger partial charge on any atom is -0.479 e. The number of aliphatic carboxylic acids is 1. The summed E-state index contributed by atoms with van der Waals surface area (Å²) >= 11 is 0. The lowest BCUT2D eigenvalue weighted by Crippen LogP contribution is -2.61. The molecule has 0 aromatic heterocycles. The molecule has 0 aliphatic carbocycles. The van der Waals surface area contributed by atoms with Crippen LogP contribution >= 0.6 is 0 Å². The summed E-state index contributed by atoms with van der Waals surface area (Å²) in [4.78, 5) is 11.3. The second kappa shape index (κ2) is 10.6. The number of aliphatic hydroxyl groups excluding tert-OH is 3. The molecule has 9 nitrogen and oxygen atoms in total. The Morgan fingerprint density at radius 3 is 2.45 bits per heavy atom. The normalized spacial score (nSPS) is 26.7. The number of rotatable bonds is 10. The number of carboxylic acids is 1. The van der Waals surface area contributed by atoms with Crippen LogP contribution < -0.4 is 10.1 Å². The molecule has 1 aromatic carbocycles. The molecule has 0 radical (unpaired) electrons. The molecule has 1 heterocycles. The van der Waals surface area contributed by atoms with E-state index in [4.69, 9.17) is 14.2 Å². The number of benzene rings is 1. The van der Waals surface area contributed by atoms with Gasteiger partial charge in [0, 0.05) is 6.04 Å². The van der Waals surface area contributed by atoms with Gasteiger partial charge in [0.25, 0.3) is 0 Å². The van der Waals surface area contributed by atoms with Crippen LogP contribution in [0.1, 0.15) is 53.0 Å². The van der Waals surface area contributed by atoms with E-state index >= 15 is 0 Å². The fourth-order valence-electron chi connectivity index (χ4n) is 3.42.